The Bertz CT molecular complexity index is 695. The highest BCUT2D eigenvalue weighted by Gasteiger charge is 2.13. The van der Waals surface area contributed by atoms with Crippen LogP contribution in [0, 0.1) is 18.6 Å². The van der Waals surface area contributed by atoms with Crippen LogP contribution in [0.15, 0.2) is 35.4 Å². The molecule has 2 rings (SSSR count). The van der Waals surface area contributed by atoms with Crippen LogP contribution in [0.1, 0.15) is 15.9 Å². The van der Waals surface area contributed by atoms with E-state index >= 15 is 0 Å². The zero-order chi connectivity index (χ0) is 14.0. The largest absolute Gasteiger partial charge is 0.367 e. The molecule has 0 aliphatic heterocycles. The molecule has 1 amide bonds. The highest BCUT2D eigenvalue weighted by molar-refractivity contribution is 6.04. The van der Waals surface area contributed by atoms with Gasteiger partial charge in [-0.1, -0.05) is 0 Å². The molecule has 0 aliphatic carbocycles. The molecule has 2 aromatic rings. The normalized spacial score (nSPS) is 10.3. The van der Waals surface area contributed by atoms with Crippen LogP contribution in [0.5, 0.6) is 0 Å². The van der Waals surface area contributed by atoms with Gasteiger partial charge >= 0.3 is 0 Å². The van der Waals surface area contributed by atoms with Crippen LogP contribution in [-0.4, -0.2) is 10.9 Å². The third-order valence-electron chi connectivity index (χ3n) is 2.57. The number of aromatic nitrogens is 1. The number of pyridine rings is 1. The van der Waals surface area contributed by atoms with Gasteiger partial charge in [0.2, 0.25) is 0 Å². The zero-order valence-corrected chi connectivity index (χ0v) is 9.96. The molecule has 0 aliphatic rings. The lowest BCUT2D eigenvalue weighted by Crippen LogP contribution is -2.21. The molecular weight excluding hydrogens is 254 g/mol. The fourth-order valence-electron chi connectivity index (χ4n) is 1.53. The standard InChI is InChI=1S/C13H10F2N2O2/c1-7-4-10(15)11(5-9(7)14)17-13(19)8-6-16-3-2-12(8)18/h2-6H,1H3,(H,16,18)(H,17,19). The Labute approximate surface area is 107 Å². The van der Waals surface area contributed by atoms with E-state index in [0.29, 0.717) is 0 Å². The van der Waals surface area contributed by atoms with Crippen LogP contribution in [-0.2, 0) is 0 Å². The Morgan fingerprint density at radius 2 is 2.00 bits per heavy atom. The smallest absolute Gasteiger partial charge is 0.261 e. The minimum atomic E-state index is -0.802. The number of amides is 1. The van der Waals surface area contributed by atoms with Crippen molar-refractivity contribution in [2.24, 2.45) is 0 Å². The van der Waals surface area contributed by atoms with E-state index in [9.17, 15) is 18.4 Å². The number of hydrogen-bond acceptors (Lipinski definition) is 2. The molecule has 0 radical (unpaired) electrons. The average Bonchev–Trinajstić information content (AvgIpc) is 2.36. The Morgan fingerprint density at radius 1 is 1.26 bits per heavy atom. The molecule has 1 aromatic carbocycles. The predicted octanol–water partition coefficient (Wildman–Crippen LogP) is 2.21. The van der Waals surface area contributed by atoms with Crippen LogP contribution in [0.25, 0.3) is 0 Å². The summed E-state index contributed by atoms with van der Waals surface area (Å²) in [5, 5.41) is 2.16. The van der Waals surface area contributed by atoms with E-state index in [0.717, 1.165) is 12.1 Å². The molecule has 2 N–H and O–H groups in total. The molecule has 0 atom stereocenters. The second-order valence-corrected chi connectivity index (χ2v) is 3.96. The van der Waals surface area contributed by atoms with Gasteiger partial charge in [0.1, 0.15) is 17.2 Å². The fraction of sp³-hybridized carbons (Fsp3) is 0.0769. The first kappa shape index (κ1) is 12.9. The SMILES string of the molecule is Cc1cc(F)c(NC(=O)c2c[nH]ccc2=O)cc1F. The summed E-state index contributed by atoms with van der Waals surface area (Å²) in [7, 11) is 0. The number of benzene rings is 1. The molecule has 98 valence electrons. The summed E-state index contributed by atoms with van der Waals surface area (Å²) in [6.45, 7) is 1.41. The molecule has 0 saturated carbocycles. The lowest BCUT2D eigenvalue weighted by molar-refractivity contribution is 0.102. The highest BCUT2D eigenvalue weighted by atomic mass is 19.1. The second-order valence-electron chi connectivity index (χ2n) is 3.96. The zero-order valence-electron chi connectivity index (χ0n) is 9.96. The van der Waals surface area contributed by atoms with Crippen molar-refractivity contribution in [1.29, 1.82) is 0 Å². The molecule has 6 heteroatoms. The van der Waals surface area contributed by atoms with Crippen molar-refractivity contribution in [3.8, 4) is 0 Å². The van der Waals surface area contributed by atoms with Gasteiger partial charge in [0.25, 0.3) is 5.91 Å². The summed E-state index contributed by atoms with van der Waals surface area (Å²) in [5.41, 5.74) is -0.864. The van der Waals surface area contributed by atoms with Gasteiger partial charge in [0, 0.05) is 24.5 Å². The minimum Gasteiger partial charge on any atom is -0.367 e. The van der Waals surface area contributed by atoms with E-state index in [1.165, 1.54) is 25.4 Å². The first-order chi connectivity index (χ1) is 8.99. The van der Waals surface area contributed by atoms with Crippen molar-refractivity contribution < 1.29 is 13.6 Å². The molecule has 0 spiro atoms. The molecule has 19 heavy (non-hydrogen) atoms. The number of hydrogen-bond donors (Lipinski definition) is 2. The summed E-state index contributed by atoms with van der Waals surface area (Å²) >= 11 is 0. The van der Waals surface area contributed by atoms with Crippen LogP contribution in [0.4, 0.5) is 14.5 Å². The van der Waals surface area contributed by atoms with E-state index in [1.807, 2.05) is 0 Å². The first-order valence-corrected chi connectivity index (χ1v) is 5.43. The van der Waals surface area contributed by atoms with Gasteiger partial charge in [0.05, 0.1) is 5.69 Å². The van der Waals surface area contributed by atoms with Crippen LogP contribution < -0.4 is 10.7 Å². The summed E-state index contributed by atoms with van der Waals surface area (Å²) in [6.07, 6.45) is 2.56. The number of nitrogens with one attached hydrogen (secondary N) is 2. The second kappa shape index (κ2) is 5.01. The number of halogens is 2. The number of aromatic amines is 1. The van der Waals surface area contributed by atoms with Crippen molar-refractivity contribution in [1.82, 2.24) is 4.98 Å². The van der Waals surface area contributed by atoms with Gasteiger partial charge in [-0.2, -0.15) is 0 Å². The number of rotatable bonds is 2. The Balaban J connectivity index is 2.32. The molecule has 0 unspecified atom stereocenters. The molecule has 0 fully saturated rings. The molecule has 0 bridgehead atoms. The van der Waals surface area contributed by atoms with Gasteiger partial charge < -0.3 is 10.3 Å². The summed E-state index contributed by atoms with van der Waals surface area (Å²) in [6, 6.07) is 3.01. The van der Waals surface area contributed by atoms with E-state index < -0.39 is 23.0 Å². The molecular formula is C13H10F2N2O2. The highest BCUT2D eigenvalue weighted by Crippen LogP contribution is 2.19. The van der Waals surface area contributed by atoms with Crippen molar-refractivity contribution in [2.45, 2.75) is 6.92 Å². The summed E-state index contributed by atoms with van der Waals surface area (Å²) in [5.74, 6) is -2.21. The van der Waals surface area contributed by atoms with Crippen LogP contribution in [0.2, 0.25) is 0 Å². The molecule has 1 heterocycles. The van der Waals surface area contributed by atoms with Crippen molar-refractivity contribution >= 4 is 11.6 Å². The van der Waals surface area contributed by atoms with E-state index in [4.69, 9.17) is 0 Å². The minimum absolute atomic E-state index is 0.132. The number of anilines is 1. The Kier molecular flexibility index (Phi) is 3.41. The maximum atomic E-state index is 13.5. The lowest BCUT2D eigenvalue weighted by Gasteiger charge is -2.07. The van der Waals surface area contributed by atoms with Crippen LogP contribution in [0.3, 0.4) is 0 Å². The van der Waals surface area contributed by atoms with E-state index in [-0.39, 0.29) is 16.8 Å². The van der Waals surface area contributed by atoms with Crippen molar-refractivity contribution in [3.63, 3.8) is 0 Å². The van der Waals surface area contributed by atoms with Crippen molar-refractivity contribution in [3.05, 3.63) is 63.6 Å². The van der Waals surface area contributed by atoms with Gasteiger partial charge in [-0.3, -0.25) is 9.59 Å². The fourth-order valence-corrected chi connectivity index (χ4v) is 1.53. The average molecular weight is 264 g/mol. The topological polar surface area (TPSA) is 62.0 Å². The molecule has 0 saturated heterocycles. The maximum absolute atomic E-state index is 13.5. The van der Waals surface area contributed by atoms with E-state index in [1.54, 1.807) is 0 Å². The third kappa shape index (κ3) is 2.67. The molecule has 1 aromatic heterocycles. The van der Waals surface area contributed by atoms with Gasteiger partial charge in [-0.05, 0) is 18.6 Å². The number of H-pyrrole nitrogens is 1. The van der Waals surface area contributed by atoms with Gasteiger partial charge in [-0.25, -0.2) is 8.78 Å². The Morgan fingerprint density at radius 3 is 2.68 bits per heavy atom. The maximum Gasteiger partial charge on any atom is 0.261 e. The predicted molar refractivity (Wildman–Crippen MR) is 66.1 cm³/mol. The van der Waals surface area contributed by atoms with Gasteiger partial charge in [0.15, 0.2) is 5.43 Å². The third-order valence-corrected chi connectivity index (χ3v) is 2.57. The van der Waals surface area contributed by atoms with Crippen LogP contribution >= 0.6 is 0 Å². The monoisotopic (exact) mass is 264 g/mol. The first-order valence-electron chi connectivity index (χ1n) is 5.43. The van der Waals surface area contributed by atoms with Crippen molar-refractivity contribution in [2.75, 3.05) is 5.32 Å². The van der Waals surface area contributed by atoms with Gasteiger partial charge in [-0.15, -0.1) is 0 Å². The number of carbonyl (C=O) groups excluding carboxylic acids is 1. The number of aryl methyl sites for hydroxylation is 1. The molecule has 4 nitrogen and oxygen atoms in total. The summed E-state index contributed by atoms with van der Waals surface area (Å²) in [4.78, 5) is 25.7. The Hall–Kier alpha value is -2.50. The number of carbonyl (C=O) groups is 1. The summed E-state index contributed by atoms with van der Waals surface area (Å²) < 4.78 is 26.8. The quantitative estimate of drug-likeness (QED) is 0.873. The lowest BCUT2D eigenvalue weighted by atomic mass is 10.2. The van der Waals surface area contributed by atoms with E-state index in [2.05, 4.69) is 10.3 Å².